The topological polar surface area (TPSA) is 75.7 Å². The van der Waals surface area contributed by atoms with Crippen molar-refractivity contribution in [3.63, 3.8) is 0 Å². The smallest absolute Gasteiger partial charge is 0.416 e. The molecule has 0 atom stereocenters. The molecule has 1 aliphatic rings. The van der Waals surface area contributed by atoms with Crippen LogP contribution < -0.4 is 10.1 Å². The molecule has 0 aromatic heterocycles. The van der Waals surface area contributed by atoms with E-state index in [1.54, 1.807) is 0 Å². The van der Waals surface area contributed by atoms with Gasteiger partial charge in [0, 0.05) is 24.3 Å². The van der Waals surface area contributed by atoms with Crippen LogP contribution in [0.25, 0.3) is 0 Å². The number of anilines is 1. The quantitative estimate of drug-likeness (QED) is 0.755. The Labute approximate surface area is 172 Å². The number of carbonyl (C=O) groups excluding carboxylic acids is 1. The second kappa shape index (κ2) is 8.65. The molecule has 0 aliphatic carbocycles. The van der Waals surface area contributed by atoms with Crippen LogP contribution in [0.4, 0.5) is 18.9 Å². The summed E-state index contributed by atoms with van der Waals surface area (Å²) in [5.74, 6) is -0.511. The fraction of sp³-hybridized carbons (Fsp3) is 0.350. The number of halogens is 3. The molecular formula is C20H21F3N2O4S. The molecule has 162 valence electrons. The summed E-state index contributed by atoms with van der Waals surface area (Å²) in [6, 6.07) is 7.95. The predicted octanol–water partition coefficient (Wildman–Crippen LogP) is 4.14. The van der Waals surface area contributed by atoms with Crippen LogP contribution in [0.1, 0.15) is 35.2 Å². The van der Waals surface area contributed by atoms with Crippen molar-refractivity contribution in [2.75, 3.05) is 25.5 Å². The molecule has 1 N–H and O–H groups in total. The molecule has 1 fully saturated rings. The number of carbonyl (C=O) groups is 1. The van der Waals surface area contributed by atoms with Crippen LogP contribution in [0, 0.1) is 0 Å². The molecule has 1 heterocycles. The van der Waals surface area contributed by atoms with Crippen molar-refractivity contribution in [1.29, 1.82) is 0 Å². The zero-order valence-electron chi connectivity index (χ0n) is 16.2. The second-order valence-electron chi connectivity index (χ2n) is 6.86. The Morgan fingerprint density at radius 3 is 2.23 bits per heavy atom. The molecule has 1 aliphatic heterocycles. The maximum absolute atomic E-state index is 13.0. The third-order valence-corrected chi connectivity index (χ3v) is 6.75. The second-order valence-corrected chi connectivity index (χ2v) is 8.77. The zero-order chi connectivity index (χ0) is 21.9. The summed E-state index contributed by atoms with van der Waals surface area (Å²) in [6.07, 6.45) is -1.99. The molecule has 2 aromatic rings. The van der Waals surface area contributed by atoms with Crippen molar-refractivity contribution in [2.45, 2.75) is 30.3 Å². The van der Waals surface area contributed by atoms with Gasteiger partial charge in [-0.3, -0.25) is 4.79 Å². The molecule has 30 heavy (non-hydrogen) atoms. The number of sulfonamides is 1. The number of hydrogen-bond acceptors (Lipinski definition) is 4. The van der Waals surface area contributed by atoms with E-state index in [-0.39, 0.29) is 21.9 Å². The monoisotopic (exact) mass is 442 g/mol. The maximum Gasteiger partial charge on any atom is 0.416 e. The molecule has 2 aromatic carbocycles. The van der Waals surface area contributed by atoms with E-state index in [2.05, 4.69) is 5.32 Å². The van der Waals surface area contributed by atoms with Gasteiger partial charge >= 0.3 is 6.18 Å². The molecule has 0 spiro atoms. The fourth-order valence-electron chi connectivity index (χ4n) is 3.21. The first kappa shape index (κ1) is 22.1. The Morgan fingerprint density at radius 1 is 1.03 bits per heavy atom. The van der Waals surface area contributed by atoms with Gasteiger partial charge < -0.3 is 10.1 Å². The molecule has 0 radical (unpaired) electrons. The summed E-state index contributed by atoms with van der Waals surface area (Å²) < 4.78 is 70.7. The van der Waals surface area contributed by atoms with Crippen molar-refractivity contribution in [2.24, 2.45) is 0 Å². The van der Waals surface area contributed by atoms with E-state index in [1.807, 2.05) is 0 Å². The van der Waals surface area contributed by atoms with Crippen LogP contribution in [0.2, 0.25) is 0 Å². The van der Waals surface area contributed by atoms with E-state index < -0.39 is 27.7 Å². The SMILES string of the molecule is COc1ccc(NC(=O)c2ccc(C(F)(F)F)cc2)cc1S(=O)(=O)N1CCCCC1. The van der Waals surface area contributed by atoms with Crippen LogP contribution in [0.3, 0.4) is 0 Å². The van der Waals surface area contributed by atoms with Crippen molar-refractivity contribution in [1.82, 2.24) is 4.31 Å². The average Bonchev–Trinajstić information content (AvgIpc) is 2.73. The summed E-state index contributed by atoms with van der Waals surface area (Å²) in [7, 11) is -2.47. The third kappa shape index (κ3) is 4.76. The molecular weight excluding hydrogens is 421 g/mol. The molecule has 1 amide bonds. The van der Waals surface area contributed by atoms with Gasteiger partial charge in [0.25, 0.3) is 5.91 Å². The van der Waals surface area contributed by atoms with Gasteiger partial charge in [0.2, 0.25) is 10.0 Å². The molecule has 0 unspecified atom stereocenters. The van der Waals surface area contributed by atoms with Gasteiger partial charge in [-0.2, -0.15) is 17.5 Å². The Bertz CT molecular complexity index is 1020. The normalized spacial score (nSPS) is 15.6. The molecule has 6 nitrogen and oxygen atoms in total. The summed E-state index contributed by atoms with van der Waals surface area (Å²) in [6.45, 7) is 0.821. The number of rotatable bonds is 5. The van der Waals surface area contributed by atoms with Crippen molar-refractivity contribution in [3.8, 4) is 5.75 Å². The van der Waals surface area contributed by atoms with E-state index in [0.717, 1.165) is 43.5 Å². The molecule has 10 heteroatoms. The Balaban J connectivity index is 1.85. The van der Waals surface area contributed by atoms with Gasteiger partial charge in [-0.15, -0.1) is 0 Å². The largest absolute Gasteiger partial charge is 0.495 e. The van der Waals surface area contributed by atoms with Gasteiger partial charge in [-0.25, -0.2) is 8.42 Å². The fourth-order valence-corrected chi connectivity index (χ4v) is 4.91. The highest BCUT2D eigenvalue weighted by atomic mass is 32.2. The minimum absolute atomic E-state index is 0.0132. The van der Waals surface area contributed by atoms with Crippen molar-refractivity contribution < 1.29 is 31.1 Å². The van der Waals surface area contributed by atoms with Crippen molar-refractivity contribution in [3.05, 3.63) is 53.6 Å². The Kier molecular flexibility index (Phi) is 6.37. The summed E-state index contributed by atoms with van der Waals surface area (Å²) in [5, 5.41) is 2.52. The zero-order valence-corrected chi connectivity index (χ0v) is 17.0. The number of ether oxygens (including phenoxy) is 1. The highest BCUT2D eigenvalue weighted by molar-refractivity contribution is 7.89. The number of nitrogens with one attached hydrogen (secondary N) is 1. The average molecular weight is 442 g/mol. The first-order valence-electron chi connectivity index (χ1n) is 9.30. The predicted molar refractivity (Wildman–Crippen MR) is 105 cm³/mol. The summed E-state index contributed by atoms with van der Waals surface area (Å²) in [5.41, 5.74) is -0.658. The molecule has 3 rings (SSSR count). The van der Waals surface area contributed by atoms with Crippen LogP contribution in [0.15, 0.2) is 47.4 Å². The van der Waals surface area contributed by atoms with Gasteiger partial charge in [0.05, 0.1) is 12.7 Å². The number of alkyl halides is 3. The highest BCUT2D eigenvalue weighted by Crippen LogP contribution is 2.32. The molecule has 0 saturated carbocycles. The maximum atomic E-state index is 13.0. The van der Waals surface area contributed by atoms with E-state index in [0.29, 0.717) is 13.1 Å². The first-order valence-corrected chi connectivity index (χ1v) is 10.7. The van der Waals surface area contributed by atoms with Gasteiger partial charge in [0.15, 0.2) is 0 Å². The van der Waals surface area contributed by atoms with Gasteiger partial charge in [-0.05, 0) is 55.3 Å². The highest BCUT2D eigenvalue weighted by Gasteiger charge is 2.31. The lowest BCUT2D eigenvalue weighted by molar-refractivity contribution is -0.137. The lowest BCUT2D eigenvalue weighted by Gasteiger charge is -2.26. The Morgan fingerprint density at radius 2 is 1.67 bits per heavy atom. The van der Waals surface area contributed by atoms with E-state index in [1.165, 1.54) is 29.6 Å². The van der Waals surface area contributed by atoms with E-state index in [9.17, 15) is 26.4 Å². The minimum Gasteiger partial charge on any atom is -0.495 e. The third-order valence-electron chi connectivity index (χ3n) is 4.83. The van der Waals surface area contributed by atoms with Crippen molar-refractivity contribution >= 4 is 21.6 Å². The lowest BCUT2D eigenvalue weighted by Crippen LogP contribution is -2.35. The number of hydrogen-bond donors (Lipinski definition) is 1. The van der Waals surface area contributed by atoms with Crippen LogP contribution in [-0.2, 0) is 16.2 Å². The number of nitrogens with zero attached hydrogens (tertiary/aromatic N) is 1. The van der Waals surface area contributed by atoms with E-state index >= 15 is 0 Å². The summed E-state index contributed by atoms with van der Waals surface area (Å²) in [4.78, 5) is 12.3. The minimum atomic E-state index is -4.50. The number of benzene rings is 2. The van der Waals surface area contributed by atoms with Crippen LogP contribution in [0.5, 0.6) is 5.75 Å². The van der Waals surface area contributed by atoms with Gasteiger partial charge in [0.1, 0.15) is 10.6 Å². The lowest BCUT2D eigenvalue weighted by atomic mass is 10.1. The van der Waals surface area contributed by atoms with E-state index in [4.69, 9.17) is 4.74 Å². The number of piperidine rings is 1. The van der Waals surface area contributed by atoms with Gasteiger partial charge in [-0.1, -0.05) is 6.42 Å². The van der Waals surface area contributed by atoms with Crippen LogP contribution >= 0.6 is 0 Å². The van der Waals surface area contributed by atoms with Crippen LogP contribution in [-0.4, -0.2) is 38.8 Å². The summed E-state index contributed by atoms with van der Waals surface area (Å²) >= 11 is 0. The number of amides is 1. The standard InChI is InChI=1S/C20H21F3N2O4S/c1-29-17-10-9-16(13-18(17)30(27,28)25-11-3-2-4-12-25)24-19(26)14-5-7-15(8-6-14)20(21,22)23/h5-10,13H,2-4,11-12H2,1H3,(H,24,26). The first-order chi connectivity index (χ1) is 14.1. The Hall–Kier alpha value is -2.59. The molecule has 0 bridgehead atoms. The number of methoxy groups -OCH3 is 1. The molecule has 1 saturated heterocycles.